The van der Waals surface area contributed by atoms with Gasteiger partial charge in [0.25, 0.3) is 11.8 Å². The molecule has 2 N–H and O–H groups in total. The lowest BCUT2D eigenvalue weighted by atomic mass is 10.2. The molecule has 0 radical (unpaired) electrons. The summed E-state index contributed by atoms with van der Waals surface area (Å²) < 4.78 is 5.93. The largest absolute Gasteiger partial charge is 0.451 e. The highest BCUT2D eigenvalue weighted by Gasteiger charge is 2.19. The van der Waals surface area contributed by atoms with E-state index in [2.05, 4.69) is 10.6 Å². The summed E-state index contributed by atoms with van der Waals surface area (Å²) in [6.45, 7) is -0.444. The quantitative estimate of drug-likeness (QED) is 0.637. The first-order valence-corrected chi connectivity index (χ1v) is 9.15. The molecule has 8 heteroatoms. The molecule has 3 aromatic rings. The Morgan fingerprint density at radius 2 is 1.78 bits per heavy atom. The number of rotatable bonds is 5. The number of halogens is 1. The third-order valence-electron chi connectivity index (χ3n) is 3.71. The van der Waals surface area contributed by atoms with Gasteiger partial charge in [0.05, 0.1) is 5.02 Å². The van der Waals surface area contributed by atoms with Gasteiger partial charge in [-0.2, -0.15) is 0 Å². The maximum atomic E-state index is 12.2. The highest BCUT2D eigenvalue weighted by molar-refractivity contribution is 7.21. The van der Waals surface area contributed by atoms with Gasteiger partial charge in [0.1, 0.15) is 4.88 Å². The first-order chi connectivity index (χ1) is 13.0. The molecule has 0 spiro atoms. The molecule has 0 aliphatic heterocycles. The molecule has 0 bridgehead atoms. The van der Waals surface area contributed by atoms with Crippen molar-refractivity contribution in [2.75, 3.05) is 19.0 Å². The van der Waals surface area contributed by atoms with Gasteiger partial charge in [0, 0.05) is 28.4 Å². The van der Waals surface area contributed by atoms with Crippen LogP contribution in [0.4, 0.5) is 5.69 Å². The number of amides is 2. The van der Waals surface area contributed by atoms with E-state index in [-0.39, 0.29) is 10.8 Å². The third kappa shape index (κ3) is 4.27. The summed E-state index contributed by atoms with van der Waals surface area (Å²) in [7, 11) is 1.54. The van der Waals surface area contributed by atoms with Crippen LogP contribution in [-0.2, 0) is 9.53 Å². The average molecular weight is 403 g/mol. The molecule has 3 rings (SSSR count). The molecule has 6 nitrogen and oxygen atoms in total. The molecule has 138 valence electrons. The summed E-state index contributed by atoms with van der Waals surface area (Å²) in [5, 5.41) is 6.21. The number of hydrogen-bond donors (Lipinski definition) is 2. The number of carbonyl (C=O) groups excluding carboxylic acids is 3. The topological polar surface area (TPSA) is 84.5 Å². The predicted octanol–water partition coefficient (Wildman–Crippen LogP) is 3.71. The highest BCUT2D eigenvalue weighted by Crippen LogP contribution is 2.35. The maximum absolute atomic E-state index is 12.2. The van der Waals surface area contributed by atoms with E-state index in [4.69, 9.17) is 16.3 Å². The van der Waals surface area contributed by atoms with Gasteiger partial charge in [0.15, 0.2) is 6.61 Å². The Morgan fingerprint density at radius 1 is 1.07 bits per heavy atom. The number of thiophene rings is 1. The zero-order valence-corrected chi connectivity index (χ0v) is 15.8. The monoisotopic (exact) mass is 402 g/mol. The van der Waals surface area contributed by atoms with E-state index >= 15 is 0 Å². The van der Waals surface area contributed by atoms with E-state index in [0.717, 1.165) is 10.1 Å². The van der Waals surface area contributed by atoms with Crippen LogP contribution in [0.1, 0.15) is 20.0 Å². The van der Waals surface area contributed by atoms with Crippen LogP contribution in [0.5, 0.6) is 0 Å². The van der Waals surface area contributed by atoms with Crippen molar-refractivity contribution in [1.29, 1.82) is 0 Å². The standard InChI is InChI=1S/C19H15ClN2O4S/c1-21-18(24)11-6-8-12(9-7-11)22-15(23)10-26-19(25)17-16(20)13-4-2-3-5-14(13)27-17/h2-9H,10H2,1H3,(H,21,24)(H,22,23). The summed E-state index contributed by atoms with van der Waals surface area (Å²) in [5.41, 5.74) is 0.963. The lowest BCUT2D eigenvalue weighted by Gasteiger charge is -2.07. The minimum Gasteiger partial charge on any atom is -0.451 e. The Kier molecular flexibility index (Phi) is 5.73. The van der Waals surface area contributed by atoms with Gasteiger partial charge in [0.2, 0.25) is 0 Å². The number of benzene rings is 2. The number of hydrogen-bond acceptors (Lipinski definition) is 5. The number of fused-ring (bicyclic) bond motifs is 1. The van der Waals surface area contributed by atoms with Gasteiger partial charge in [-0.15, -0.1) is 11.3 Å². The molecule has 0 aliphatic rings. The minimum absolute atomic E-state index is 0.220. The molecule has 2 amide bonds. The Bertz CT molecular complexity index is 1010. The van der Waals surface area contributed by atoms with Gasteiger partial charge < -0.3 is 15.4 Å². The maximum Gasteiger partial charge on any atom is 0.350 e. The van der Waals surface area contributed by atoms with Crippen molar-refractivity contribution in [3.05, 3.63) is 64.0 Å². The summed E-state index contributed by atoms with van der Waals surface area (Å²) in [6.07, 6.45) is 0. The Labute approximate surface area is 164 Å². The van der Waals surface area contributed by atoms with Gasteiger partial charge >= 0.3 is 5.97 Å². The molecule has 1 heterocycles. The number of nitrogens with one attached hydrogen (secondary N) is 2. The molecular weight excluding hydrogens is 388 g/mol. The fourth-order valence-electron chi connectivity index (χ4n) is 2.39. The van der Waals surface area contributed by atoms with Gasteiger partial charge in [-0.05, 0) is 30.3 Å². The fourth-order valence-corrected chi connectivity index (χ4v) is 3.79. The fraction of sp³-hybridized carbons (Fsp3) is 0.105. The molecule has 1 aromatic heterocycles. The van der Waals surface area contributed by atoms with Crippen molar-refractivity contribution in [2.45, 2.75) is 0 Å². The lowest BCUT2D eigenvalue weighted by molar-refractivity contribution is -0.119. The van der Waals surface area contributed by atoms with E-state index in [1.54, 1.807) is 24.3 Å². The second-order valence-corrected chi connectivity index (χ2v) is 6.95. The second kappa shape index (κ2) is 8.20. The van der Waals surface area contributed by atoms with Crippen LogP contribution in [0.2, 0.25) is 5.02 Å². The molecule has 0 unspecified atom stereocenters. The molecule has 27 heavy (non-hydrogen) atoms. The Hall–Kier alpha value is -2.90. The average Bonchev–Trinajstić information content (AvgIpc) is 3.03. The van der Waals surface area contributed by atoms with Crippen LogP contribution in [0.25, 0.3) is 10.1 Å². The van der Waals surface area contributed by atoms with Crippen LogP contribution >= 0.6 is 22.9 Å². The first-order valence-electron chi connectivity index (χ1n) is 7.95. The SMILES string of the molecule is CNC(=O)c1ccc(NC(=O)COC(=O)c2sc3ccccc3c2Cl)cc1. The third-order valence-corrected chi connectivity index (χ3v) is 5.37. The lowest BCUT2D eigenvalue weighted by Crippen LogP contribution is -2.21. The van der Waals surface area contributed by atoms with Crippen molar-refractivity contribution in [3.8, 4) is 0 Å². The number of ether oxygens (including phenoxy) is 1. The summed E-state index contributed by atoms with van der Waals surface area (Å²) in [5.74, 6) is -1.36. The number of anilines is 1. The molecule has 0 aliphatic carbocycles. The zero-order valence-electron chi connectivity index (χ0n) is 14.2. The van der Waals surface area contributed by atoms with Gasteiger partial charge in [-0.25, -0.2) is 4.79 Å². The number of carbonyl (C=O) groups is 3. The van der Waals surface area contributed by atoms with Crippen LogP contribution in [-0.4, -0.2) is 31.4 Å². The van der Waals surface area contributed by atoms with Gasteiger partial charge in [-0.1, -0.05) is 29.8 Å². The molecule has 0 fully saturated rings. The Morgan fingerprint density at radius 3 is 2.44 bits per heavy atom. The first kappa shape index (κ1) is 18.9. The van der Waals surface area contributed by atoms with E-state index in [1.807, 2.05) is 24.3 Å². The molecule has 0 atom stereocenters. The van der Waals surface area contributed by atoms with Crippen molar-refractivity contribution in [3.63, 3.8) is 0 Å². The van der Waals surface area contributed by atoms with Crippen molar-refractivity contribution in [1.82, 2.24) is 5.32 Å². The van der Waals surface area contributed by atoms with Crippen LogP contribution in [0.3, 0.4) is 0 Å². The summed E-state index contributed by atoms with van der Waals surface area (Å²) in [4.78, 5) is 36.0. The van der Waals surface area contributed by atoms with Gasteiger partial charge in [-0.3, -0.25) is 9.59 Å². The van der Waals surface area contributed by atoms with Crippen molar-refractivity contribution >= 4 is 56.5 Å². The van der Waals surface area contributed by atoms with Crippen molar-refractivity contribution < 1.29 is 19.1 Å². The smallest absolute Gasteiger partial charge is 0.350 e. The van der Waals surface area contributed by atoms with E-state index in [9.17, 15) is 14.4 Å². The summed E-state index contributed by atoms with van der Waals surface area (Å²) in [6, 6.07) is 13.7. The second-order valence-electron chi connectivity index (χ2n) is 5.52. The highest BCUT2D eigenvalue weighted by atomic mass is 35.5. The summed E-state index contributed by atoms with van der Waals surface area (Å²) >= 11 is 7.44. The molecule has 0 saturated carbocycles. The van der Waals surface area contributed by atoms with Crippen LogP contribution in [0, 0.1) is 0 Å². The zero-order chi connectivity index (χ0) is 19.4. The molecule has 0 saturated heterocycles. The van der Waals surface area contributed by atoms with Crippen LogP contribution < -0.4 is 10.6 Å². The number of esters is 1. The molecular formula is C19H15ClN2O4S. The van der Waals surface area contributed by atoms with E-state index in [1.165, 1.54) is 18.4 Å². The van der Waals surface area contributed by atoms with E-state index < -0.39 is 18.5 Å². The minimum atomic E-state index is -0.647. The van der Waals surface area contributed by atoms with Crippen LogP contribution in [0.15, 0.2) is 48.5 Å². The molecule has 2 aromatic carbocycles. The van der Waals surface area contributed by atoms with E-state index in [0.29, 0.717) is 16.3 Å². The van der Waals surface area contributed by atoms with Crippen molar-refractivity contribution in [2.24, 2.45) is 0 Å². The predicted molar refractivity (Wildman–Crippen MR) is 106 cm³/mol. The Balaban J connectivity index is 1.59. The normalized spacial score (nSPS) is 10.4.